The molecule has 4 heteroatoms. The van der Waals surface area contributed by atoms with Crippen molar-refractivity contribution in [2.24, 2.45) is 5.92 Å². The molecule has 3 nitrogen and oxygen atoms in total. The Kier molecular flexibility index (Phi) is 5.33. The molecule has 1 aromatic carbocycles. The summed E-state index contributed by atoms with van der Waals surface area (Å²) in [4.78, 5) is 12.2. The molecule has 1 rings (SSSR count). The predicted octanol–water partition coefficient (Wildman–Crippen LogP) is 3.61. The van der Waals surface area contributed by atoms with Crippen molar-refractivity contribution in [1.82, 2.24) is 0 Å². The van der Waals surface area contributed by atoms with E-state index in [0.717, 1.165) is 6.42 Å². The highest BCUT2D eigenvalue weighted by atomic mass is 19.1. The standard InChI is InChI=1S/C15H22FNO2/c1-5-11(3)15(4,14(18)19-6-2)17-13-10-8-7-9-12(13)16/h7-11,17H,5-6H2,1-4H3. The first-order valence-corrected chi connectivity index (χ1v) is 6.65. The highest BCUT2D eigenvalue weighted by Crippen LogP contribution is 2.28. The van der Waals surface area contributed by atoms with Crippen LogP contribution in [-0.2, 0) is 9.53 Å². The van der Waals surface area contributed by atoms with Gasteiger partial charge < -0.3 is 10.1 Å². The molecule has 19 heavy (non-hydrogen) atoms. The molecule has 0 amide bonds. The van der Waals surface area contributed by atoms with Crippen LogP contribution in [0.4, 0.5) is 10.1 Å². The third kappa shape index (κ3) is 3.46. The first-order valence-electron chi connectivity index (χ1n) is 6.65. The van der Waals surface area contributed by atoms with Crippen LogP contribution in [0.25, 0.3) is 0 Å². The van der Waals surface area contributed by atoms with Crippen molar-refractivity contribution in [2.45, 2.75) is 39.7 Å². The summed E-state index contributed by atoms with van der Waals surface area (Å²) in [6.07, 6.45) is 0.788. The highest BCUT2D eigenvalue weighted by Gasteiger charge is 2.39. The predicted molar refractivity (Wildman–Crippen MR) is 74.5 cm³/mol. The largest absolute Gasteiger partial charge is 0.464 e. The Bertz CT molecular complexity index is 436. The minimum absolute atomic E-state index is 0.0196. The van der Waals surface area contributed by atoms with Crippen LogP contribution in [-0.4, -0.2) is 18.1 Å². The van der Waals surface area contributed by atoms with Crippen molar-refractivity contribution in [2.75, 3.05) is 11.9 Å². The fourth-order valence-electron chi connectivity index (χ4n) is 1.91. The number of rotatable bonds is 6. The molecule has 0 aliphatic carbocycles. The minimum atomic E-state index is -0.938. The van der Waals surface area contributed by atoms with Crippen LogP contribution in [0.3, 0.4) is 0 Å². The van der Waals surface area contributed by atoms with Crippen molar-refractivity contribution < 1.29 is 13.9 Å². The van der Waals surface area contributed by atoms with Gasteiger partial charge in [0.25, 0.3) is 0 Å². The topological polar surface area (TPSA) is 38.3 Å². The molecule has 0 aliphatic rings. The van der Waals surface area contributed by atoms with Gasteiger partial charge in [0.2, 0.25) is 0 Å². The van der Waals surface area contributed by atoms with Crippen molar-refractivity contribution in [3.05, 3.63) is 30.1 Å². The van der Waals surface area contributed by atoms with Crippen molar-refractivity contribution >= 4 is 11.7 Å². The number of carbonyl (C=O) groups excluding carboxylic acids is 1. The van der Waals surface area contributed by atoms with Gasteiger partial charge in [-0.2, -0.15) is 0 Å². The second kappa shape index (κ2) is 6.55. The summed E-state index contributed by atoms with van der Waals surface area (Å²) in [7, 11) is 0. The van der Waals surface area contributed by atoms with Crippen molar-refractivity contribution in [1.29, 1.82) is 0 Å². The van der Waals surface area contributed by atoms with Crippen molar-refractivity contribution in [3.63, 3.8) is 0 Å². The van der Waals surface area contributed by atoms with Gasteiger partial charge >= 0.3 is 5.97 Å². The second-order valence-electron chi connectivity index (χ2n) is 4.84. The number of ether oxygens (including phenoxy) is 1. The molecular formula is C15H22FNO2. The average Bonchev–Trinajstić information content (AvgIpc) is 2.40. The number of halogens is 1. The van der Waals surface area contributed by atoms with E-state index in [0.29, 0.717) is 12.3 Å². The molecule has 1 aromatic rings. The summed E-state index contributed by atoms with van der Waals surface area (Å²) in [6, 6.07) is 6.33. The number of benzene rings is 1. The molecule has 0 radical (unpaired) electrons. The van der Waals surface area contributed by atoms with Crippen LogP contribution in [0.1, 0.15) is 34.1 Å². The zero-order valence-electron chi connectivity index (χ0n) is 12.0. The van der Waals surface area contributed by atoms with Crippen LogP contribution in [0.5, 0.6) is 0 Å². The lowest BCUT2D eigenvalue weighted by molar-refractivity contribution is -0.149. The van der Waals surface area contributed by atoms with Gasteiger partial charge in [-0.1, -0.05) is 32.4 Å². The third-order valence-electron chi connectivity index (χ3n) is 3.57. The molecule has 0 heterocycles. The fraction of sp³-hybridized carbons (Fsp3) is 0.533. The number of para-hydroxylation sites is 1. The van der Waals surface area contributed by atoms with Gasteiger partial charge in [0.15, 0.2) is 0 Å². The number of anilines is 1. The normalized spacial score (nSPS) is 15.4. The molecule has 1 N–H and O–H groups in total. The molecular weight excluding hydrogens is 245 g/mol. The summed E-state index contributed by atoms with van der Waals surface area (Å²) in [5.41, 5.74) is -0.620. The molecule has 0 aromatic heterocycles. The maximum absolute atomic E-state index is 13.7. The Balaban J connectivity index is 3.05. The van der Waals surface area contributed by atoms with Crippen molar-refractivity contribution in [3.8, 4) is 0 Å². The van der Waals surface area contributed by atoms with Crippen LogP contribution in [0.15, 0.2) is 24.3 Å². The van der Waals surface area contributed by atoms with E-state index in [4.69, 9.17) is 4.74 Å². The van der Waals surface area contributed by atoms with Crippen LogP contribution in [0.2, 0.25) is 0 Å². The number of hydrogen-bond acceptors (Lipinski definition) is 3. The molecule has 0 fully saturated rings. The van der Waals surface area contributed by atoms with Gasteiger partial charge in [0.05, 0.1) is 12.3 Å². The smallest absolute Gasteiger partial charge is 0.331 e. The molecule has 0 aliphatic heterocycles. The minimum Gasteiger partial charge on any atom is -0.464 e. The molecule has 0 spiro atoms. The number of nitrogens with one attached hydrogen (secondary N) is 1. The lowest BCUT2D eigenvalue weighted by Crippen LogP contribution is -2.50. The van der Waals surface area contributed by atoms with E-state index in [-0.39, 0.29) is 17.7 Å². The first-order chi connectivity index (χ1) is 8.95. The van der Waals surface area contributed by atoms with Gasteiger partial charge in [-0.05, 0) is 31.9 Å². The van der Waals surface area contributed by atoms with Crippen LogP contribution >= 0.6 is 0 Å². The van der Waals surface area contributed by atoms with E-state index < -0.39 is 5.54 Å². The summed E-state index contributed by atoms with van der Waals surface area (Å²) < 4.78 is 18.8. The van der Waals surface area contributed by atoms with Gasteiger partial charge in [0.1, 0.15) is 11.4 Å². The second-order valence-corrected chi connectivity index (χ2v) is 4.84. The maximum Gasteiger partial charge on any atom is 0.331 e. The lowest BCUT2D eigenvalue weighted by atomic mass is 9.84. The third-order valence-corrected chi connectivity index (χ3v) is 3.57. The molecule has 0 saturated heterocycles. The monoisotopic (exact) mass is 267 g/mol. The number of esters is 1. The molecule has 2 unspecified atom stereocenters. The SMILES string of the molecule is CCOC(=O)C(C)(Nc1ccccc1F)C(C)CC. The quantitative estimate of drug-likeness (QED) is 0.800. The Hall–Kier alpha value is -1.58. The summed E-state index contributed by atoms with van der Waals surface area (Å²) >= 11 is 0. The Morgan fingerprint density at radius 2 is 2.05 bits per heavy atom. The highest BCUT2D eigenvalue weighted by molar-refractivity contribution is 5.84. The maximum atomic E-state index is 13.7. The Morgan fingerprint density at radius 1 is 1.42 bits per heavy atom. The summed E-state index contributed by atoms with van der Waals surface area (Å²) in [5, 5.41) is 3.01. The average molecular weight is 267 g/mol. The van der Waals surface area contributed by atoms with E-state index in [9.17, 15) is 9.18 Å². The Morgan fingerprint density at radius 3 is 2.58 bits per heavy atom. The van der Waals surface area contributed by atoms with Crippen LogP contribution < -0.4 is 5.32 Å². The van der Waals surface area contributed by atoms with E-state index in [1.807, 2.05) is 13.8 Å². The first kappa shape index (κ1) is 15.5. The number of carbonyl (C=O) groups is 1. The van der Waals surface area contributed by atoms with Gasteiger partial charge in [-0.15, -0.1) is 0 Å². The van der Waals surface area contributed by atoms with Gasteiger partial charge in [-0.25, -0.2) is 9.18 Å². The Labute approximate surface area is 114 Å². The van der Waals surface area contributed by atoms with Gasteiger partial charge in [-0.3, -0.25) is 0 Å². The molecule has 106 valence electrons. The van der Waals surface area contributed by atoms with E-state index >= 15 is 0 Å². The summed E-state index contributed by atoms with van der Waals surface area (Å²) in [6.45, 7) is 7.77. The van der Waals surface area contributed by atoms with E-state index in [2.05, 4.69) is 5.32 Å². The van der Waals surface area contributed by atoms with Crippen LogP contribution in [0, 0.1) is 11.7 Å². The molecule has 0 saturated carbocycles. The zero-order valence-corrected chi connectivity index (χ0v) is 12.0. The van der Waals surface area contributed by atoms with E-state index in [1.165, 1.54) is 6.07 Å². The number of hydrogen-bond donors (Lipinski definition) is 1. The zero-order chi connectivity index (χ0) is 14.5. The van der Waals surface area contributed by atoms with Gasteiger partial charge in [0, 0.05) is 0 Å². The molecule has 2 atom stereocenters. The lowest BCUT2D eigenvalue weighted by Gasteiger charge is -2.34. The summed E-state index contributed by atoms with van der Waals surface area (Å²) in [5.74, 6) is -0.708. The molecule has 0 bridgehead atoms. The van der Waals surface area contributed by atoms with E-state index in [1.54, 1.807) is 32.0 Å². The fourth-order valence-corrected chi connectivity index (χ4v) is 1.91.